The number of aromatic nitrogens is 4. The van der Waals surface area contributed by atoms with E-state index in [2.05, 4.69) is 15.2 Å². The van der Waals surface area contributed by atoms with Gasteiger partial charge in [0, 0.05) is 26.2 Å². The predicted octanol–water partition coefficient (Wildman–Crippen LogP) is 2.30. The number of carbonyl (C=O) groups excluding carboxylic acids is 1. The maximum absolute atomic E-state index is 13.0. The molecule has 0 bridgehead atoms. The lowest BCUT2D eigenvalue weighted by Crippen LogP contribution is -2.39. The highest BCUT2D eigenvalue weighted by Gasteiger charge is 2.33. The van der Waals surface area contributed by atoms with E-state index in [4.69, 9.17) is 4.52 Å². The quantitative estimate of drug-likeness (QED) is 0.864. The predicted molar refractivity (Wildman–Crippen MR) is 83.9 cm³/mol. The van der Waals surface area contributed by atoms with Gasteiger partial charge in [-0.3, -0.25) is 9.48 Å². The zero-order valence-electron chi connectivity index (χ0n) is 13.9. The van der Waals surface area contributed by atoms with Crippen molar-refractivity contribution in [1.29, 1.82) is 0 Å². The Labute approximate surface area is 135 Å². The van der Waals surface area contributed by atoms with Crippen LogP contribution in [0.25, 0.3) is 0 Å². The van der Waals surface area contributed by atoms with Crippen LogP contribution >= 0.6 is 0 Å². The van der Waals surface area contributed by atoms with E-state index in [1.165, 1.54) is 0 Å². The molecule has 1 unspecified atom stereocenters. The number of nitrogens with zero attached hydrogens (tertiary/aromatic N) is 5. The third-order valence-corrected chi connectivity index (χ3v) is 4.32. The smallest absolute Gasteiger partial charge is 0.257 e. The molecule has 0 aliphatic carbocycles. The van der Waals surface area contributed by atoms with Gasteiger partial charge in [0.15, 0.2) is 5.82 Å². The van der Waals surface area contributed by atoms with Gasteiger partial charge in [-0.15, -0.1) is 0 Å². The highest BCUT2D eigenvalue weighted by molar-refractivity contribution is 5.95. The van der Waals surface area contributed by atoms with Crippen LogP contribution in [0.15, 0.2) is 10.7 Å². The van der Waals surface area contributed by atoms with Crippen LogP contribution in [0.5, 0.6) is 0 Å². The fourth-order valence-corrected chi connectivity index (χ4v) is 3.12. The van der Waals surface area contributed by atoms with Crippen LogP contribution in [0.1, 0.15) is 66.9 Å². The van der Waals surface area contributed by atoms with Crippen molar-refractivity contribution in [3.63, 3.8) is 0 Å². The van der Waals surface area contributed by atoms with Crippen molar-refractivity contribution < 1.29 is 9.32 Å². The molecule has 1 atom stereocenters. The molecule has 1 aliphatic heterocycles. The standard InChI is InChI=1S/C16H23N5O2/c1-4-12-11(10-20(3)18-12)16(22)21-9-7-6-8-13(21)15-17-14(5-2)23-19-15/h10,13H,4-9H2,1-3H3. The van der Waals surface area contributed by atoms with Gasteiger partial charge in [-0.25, -0.2) is 0 Å². The number of hydrogen-bond donors (Lipinski definition) is 0. The van der Waals surface area contributed by atoms with Crippen molar-refractivity contribution in [2.24, 2.45) is 7.05 Å². The minimum Gasteiger partial charge on any atom is -0.339 e. The molecule has 23 heavy (non-hydrogen) atoms. The van der Waals surface area contributed by atoms with E-state index in [9.17, 15) is 4.79 Å². The molecule has 1 saturated heterocycles. The molecule has 0 aromatic carbocycles. The first kappa shape index (κ1) is 15.7. The number of carbonyl (C=O) groups is 1. The summed E-state index contributed by atoms with van der Waals surface area (Å²) in [5.41, 5.74) is 1.52. The SMILES string of the molecule is CCc1nc(C2CCCCN2C(=O)c2cn(C)nc2CC)no1. The van der Waals surface area contributed by atoms with Crippen LogP contribution in [-0.2, 0) is 19.9 Å². The van der Waals surface area contributed by atoms with Crippen molar-refractivity contribution in [1.82, 2.24) is 24.8 Å². The molecule has 3 heterocycles. The minimum atomic E-state index is -0.106. The number of piperidine rings is 1. The number of amides is 1. The third-order valence-electron chi connectivity index (χ3n) is 4.32. The Morgan fingerprint density at radius 3 is 2.87 bits per heavy atom. The van der Waals surface area contributed by atoms with Gasteiger partial charge < -0.3 is 9.42 Å². The molecule has 0 spiro atoms. The average Bonchev–Trinajstić information content (AvgIpc) is 3.20. The highest BCUT2D eigenvalue weighted by atomic mass is 16.5. The lowest BCUT2D eigenvalue weighted by atomic mass is 10.00. The van der Waals surface area contributed by atoms with Crippen molar-refractivity contribution in [2.75, 3.05) is 6.54 Å². The Bertz CT molecular complexity index is 690. The molecule has 1 fully saturated rings. The molecule has 124 valence electrons. The molecule has 3 rings (SSSR count). The van der Waals surface area contributed by atoms with Gasteiger partial charge in [0.05, 0.1) is 17.3 Å². The molecule has 1 amide bonds. The molecule has 0 radical (unpaired) electrons. The van der Waals surface area contributed by atoms with Crippen LogP contribution in [0, 0.1) is 0 Å². The van der Waals surface area contributed by atoms with Crippen molar-refractivity contribution in [3.05, 3.63) is 29.2 Å². The molecule has 0 N–H and O–H groups in total. The molecule has 1 aliphatic rings. The minimum absolute atomic E-state index is 0.0162. The zero-order chi connectivity index (χ0) is 16.4. The second-order valence-corrected chi connectivity index (χ2v) is 5.93. The molecule has 2 aromatic rings. The Balaban J connectivity index is 1.89. The van der Waals surface area contributed by atoms with Crippen molar-refractivity contribution in [3.8, 4) is 0 Å². The van der Waals surface area contributed by atoms with Gasteiger partial charge in [-0.2, -0.15) is 10.1 Å². The summed E-state index contributed by atoms with van der Waals surface area (Å²) in [5, 5.41) is 8.46. The first-order valence-corrected chi connectivity index (χ1v) is 8.30. The van der Waals surface area contributed by atoms with Crippen LogP contribution in [-0.4, -0.2) is 37.3 Å². The topological polar surface area (TPSA) is 77.1 Å². The maximum Gasteiger partial charge on any atom is 0.257 e. The summed E-state index contributed by atoms with van der Waals surface area (Å²) < 4.78 is 6.94. The van der Waals surface area contributed by atoms with Gasteiger partial charge in [0.1, 0.15) is 0 Å². The van der Waals surface area contributed by atoms with Gasteiger partial charge in [-0.1, -0.05) is 19.0 Å². The third kappa shape index (κ3) is 3.00. The number of hydrogen-bond acceptors (Lipinski definition) is 5. The van der Waals surface area contributed by atoms with Gasteiger partial charge in [0.25, 0.3) is 5.91 Å². The molecular formula is C16H23N5O2. The summed E-state index contributed by atoms with van der Waals surface area (Å²) in [5.74, 6) is 1.26. The van der Waals surface area contributed by atoms with Gasteiger partial charge in [-0.05, 0) is 25.7 Å². The summed E-state index contributed by atoms with van der Waals surface area (Å²) in [7, 11) is 1.84. The number of likely N-dealkylation sites (tertiary alicyclic amines) is 1. The summed E-state index contributed by atoms with van der Waals surface area (Å²) in [6, 6.07) is -0.106. The van der Waals surface area contributed by atoms with E-state index in [-0.39, 0.29) is 11.9 Å². The van der Waals surface area contributed by atoms with Crippen molar-refractivity contribution in [2.45, 2.75) is 52.0 Å². The van der Waals surface area contributed by atoms with Crippen LogP contribution in [0.4, 0.5) is 0 Å². The van der Waals surface area contributed by atoms with Crippen LogP contribution < -0.4 is 0 Å². The summed E-state index contributed by atoms with van der Waals surface area (Å²) in [6.07, 6.45) is 6.19. The van der Waals surface area contributed by atoms with Crippen molar-refractivity contribution >= 4 is 5.91 Å². The van der Waals surface area contributed by atoms with E-state index in [0.717, 1.165) is 37.9 Å². The Hall–Kier alpha value is -2.18. The Morgan fingerprint density at radius 2 is 2.17 bits per heavy atom. The zero-order valence-corrected chi connectivity index (χ0v) is 13.9. The summed E-state index contributed by atoms with van der Waals surface area (Å²) >= 11 is 0. The lowest BCUT2D eigenvalue weighted by Gasteiger charge is -2.33. The van der Waals surface area contributed by atoms with Crippen LogP contribution in [0.3, 0.4) is 0 Å². The average molecular weight is 317 g/mol. The van der Waals surface area contributed by atoms with E-state index < -0.39 is 0 Å². The maximum atomic E-state index is 13.0. The fourth-order valence-electron chi connectivity index (χ4n) is 3.12. The number of rotatable bonds is 4. The van der Waals surface area contributed by atoms with E-state index in [1.807, 2.05) is 25.8 Å². The Morgan fingerprint density at radius 1 is 1.35 bits per heavy atom. The monoisotopic (exact) mass is 317 g/mol. The van der Waals surface area contributed by atoms with Gasteiger partial charge in [0.2, 0.25) is 5.89 Å². The molecular weight excluding hydrogens is 294 g/mol. The van der Waals surface area contributed by atoms with Gasteiger partial charge >= 0.3 is 0 Å². The second kappa shape index (κ2) is 6.52. The lowest BCUT2D eigenvalue weighted by molar-refractivity contribution is 0.0595. The normalized spacial score (nSPS) is 18.4. The second-order valence-electron chi connectivity index (χ2n) is 5.93. The molecule has 7 nitrogen and oxygen atoms in total. The highest BCUT2D eigenvalue weighted by Crippen LogP contribution is 2.31. The van der Waals surface area contributed by atoms with E-state index in [0.29, 0.717) is 23.7 Å². The summed E-state index contributed by atoms with van der Waals surface area (Å²) in [6.45, 7) is 4.71. The fraction of sp³-hybridized carbons (Fsp3) is 0.625. The first-order valence-electron chi connectivity index (χ1n) is 8.30. The molecule has 7 heteroatoms. The molecule has 2 aromatic heterocycles. The largest absolute Gasteiger partial charge is 0.339 e. The van der Waals surface area contributed by atoms with E-state index in [1.54, 1.807) is 10.9 Å². The van der Waals surface area contributed by atoms with Crippen LogP contribution in [0.2, 0.25) is 0 Å². The number of aryl methyl sites for hydroxylation is 3. The van der Waals surface area contributed by atoms with E-state index >= 15 is 0 Å². The first-order chi connectivity index (χ1) is 11.1. The Kier molecular flexibility index (Phi) is 4.45. The molecule has 0 saturated carbocycles. The summed E-state index contributed by atoms with van der Waals surface area (Å²) in [4.78, 5) is 19.4.